The molecule has 2 N–H and O–H groups in total. The van der Waals surface area contributed by atoms with Crippen LogP contribution < -0.4 is 10.2 Å². The van der Waals surface area contributed by atoms with Crippen LogP contribution in [0, 0.1) is 6.92 Å². The van der Waals surface area contributed by atoms with E-state index in [2.05, 4.69) is 10.2 Å². The Morgan fingerprint density at radius 1 is 1.35 bits per heavy atom. The molecule has 1 aliphatic rings. The maximum absolute atomic E-state index is 11.8. The molecule has 17 heavy (non-hydrogen) atoms. The third kappa shape index (κ3) is 3.26. The second kappa shape index (κ2) is 5.14. The molecule has 2 rings (SSSR count). The summed E-state index contributed by atoms with van der Waals surface area (Å²) in [5, 5.41) is 3.10. The van der Waals surface area contributed by atoms with Gasteiger partial charge in [0.15, 0.2) is 0 Å². The predicted octanol–water partition coefficient (Wildman–Crippen LogP) is 0.567. The number of nitrogens with one attached hydrogen (secondary N) is 2. The Morgan fingerprint density at radius 2 is 2.06 bits per heavy atom. The van der Waals surface area contributed by atoms with E-state index in [1.54, 1.807) is 24.3 Å². The molecular weight excluding hydrogens is 240 g/mol. The largest absolute Gasteiger partial charge is 0.314 e. The van der Waals surface area contributed by atoms with Crippen LogP contribution in [0.4, 0.5) is 0 Å². The number of rotatable bonds is 4. The van der Waals surface area contributed by atoms with Crippen LogP contribution in [0.25, 0.3) is 0 Å². The summed E-state index contributed by atoms with van der Waals surface area (Å²) in [6.45, 7) is 3.44. The van der Waals surface area contributed by atoms with Gasteiger partial charge in [0, 0.05) is 6.54 Å². The second-order valence-corrected chi connectivity index (χ2v) is 5.78. The standard InChI is InChI=1S/C11H16N2O3S/c1-9-2-4-11(5-3-9)17(14,15)13-16-10-6-7-12-8-10/h2-5,10,12-13H,6-8H2,1H3. The molecule has 6 heteroatoms. The summed E-state index contributed by atoms with van der Waals surface area (Å²) in [5.74, 6) is 0. The van der Waals surface area contributed by atoms with Gasteiger partial charge >= 0.3 is 0 Å². The van der Waals surface area contributed by atoms with Crippen molar-refractivity contribution in [2.24, 2.45) is 0 Å². The third-order valence-electron chi connectivity index (χ3n) is 2.67. The van der Waals surface area contributed by atoms with Crippen molar-refractivity contribution in [1.29, 1.82) is 0 Å². The number of sulfonamides is 1. The van der Waals surface area contributed by atoms with Crippen molar-refractivity contribution in [2.45, 2.75) is 24.3 Å². The minimum Gasteiger partial charge on any atom is -0.314 e. The molecule has 1 heterocycles. The van der Waals surface area contributed by atoms with Crippen molar-refractivity contribution in [3.8, 4) is 0 Å². The molecule has 0 aromatic heterocycles. The fourth-order valence-corrected chi connectivity index (χ4v) is 2.48. The molecule has 0 aliphatic carbocycles. The smallest absolute Gasteiger partial charge is 0.262 e. The lowest BCUT2D eigenvalue weighted by Gasteiger charge is -2.11. The highest BCUT2D eigenvalue weighted by atomic mass is 32.2. The summed E-state index contributed by atoms with van der Waals surface area (Å²) in [4.78, 5) is 7.54. The van der Waals surface area contributed by atoms with E-state index in [0.29, 0.717) is 6.54 Å². The van der Waals surface area contributed by atoms with Gasteiger partial charge in [-0.15, -0.1) is 0 Å². The molecule has 0 amide bonds. The normalized spacial score (nSPS) is 20.6. The monoisotopic (exact) mass is 256 g/mol. The van der Waals surface area contributed by atoms with Gasteiger partial charge in [-0.05, 0) is 32.0 Å². The van der Waals surface area contributed by atoms with Gasteiger partial charge in [-0.1, -0.05) is 22.6 Å². The molecule has 1 aromatic rings. The lowest BCUT2D eigenvalue weighted by Crippen LogP contribution is -2.30. The minimum absolute atomic E-state index is 0.0878. The molecule has 5 nitrogen and oxygen atoms in total. The Kier molecular flexibility index (Phi) is 3.78. The van der Waals surface area contributed by atoms with Crippen LogP contribution in [0.1, 0.15) is 12.0 Å². The van der Waals surface area contributed by atoms with Crippen LogP contribution in [0.15, 0.2) is 29.2 Å². The van der Waals surface area contributed by atoms with E-state index >= 15 is 0 Å². The molecule has 0 spiro atoms. The van der Waals surface area contributed by atoms with Gasteiger partial charge in [-0.2, -0.15) is 0 Å². The molecule has 1 fully saturated rings. The first kappa shape index (κ1) is 12.5. The van der Waals surface area contributed by atoms with Gasteiger partial charge in [0.2, 0.25) is 0 Å². The second-order valence-electron chi connectivity index (χ2n) is 4.13. The Hall–Kier alpha value is -0.950. The highest BCUT2D eigenvalue weighted by Gasteiger charge is 2.20. The maximum Gasteiger partial charge on any atom is 0.262 e. The Morgan fingerprint density at radius 3 is 2.65 bits per heavy atom. The van der Waals surface area contributed by atoms with Crippen LogP contribution >= 0.6 is 0 Å². The van der Waals surface area contributed by atoms with Gasteiger partial charge in [0.25, 0.3) is 10.0 Å². The Balaban J connectivity index is 2.00. The fraction of sp³-hybridized carbons (Fsp3) is 0.455. The first-order chi connectivity index (χ1) is 8.08. The summed E-state index contributed by atoms with van der Waals surface area (Å²) in [6, 6.07) is 6.64. The van der Waals surface area contributed by atoms with Gasteiger partial charge in [-0.3, -0.25) is 4.84 Å². The Bertz CT molecular complexity index is 464. The van der Waals surface area contributed by atoms with Crippen molar-refractivity contribution in [1.82, 2.24) is 10.2 Å². The van der Waals surface area contributed by atoms with Gasteiger partial charge in [0.05, 0.1) is 11.0 Å². The number of aryl methyl sites for hydroxylation is 1. The van der Waals surface area contributed by atoms with Crippen molar-refractivity contribution in [2.75, 3.05) is 13.1 Å². The zero-order valence-corrected chi connectivity index (χ0v) is 10.5. The van der Waals surface area contributed by atoms with Crippen LogP contribution in [0.5, 0.6) is 0 Å². The summed E-state index contributed by atoms with van der Waals surface area (Å²) < 4.78 is 23.7. The molecule has 1 unspecified atom stereocenters. The highest BCUT2D eigenvalue weighted by molar-refractivity contribution is 7.89. The van der Waals surface area contributed by atoms with Crippen LogP contribution in [0.2, 0.25) is 0 Å². The van der Waals surface area contributed by atoms with Gasteiger partial charge in [0.1, 0.15) is 0 Å². The number of hydrogen-bond acceptors (Lipinski definition) is 4. The predicted molar refractivity (Wildman–Crippen MR) is 63.9 cm³/mol. The quantitative estimate of drug-likeness (QED) is 0.773. The number of benzene rings is 1. The first-order valence-electron chi connectivity index (χ1n) is 5.53. The summed E-state index contributed by atoms with van der Waals surface area (Å²) in [6.07, 6.45) is 0.728. The highest BCUT2D eigenvalue weighted by Crippen LogP contribution is 2.11. The summed E-state index contributed by atoms with van der Waals surface area (Å²) in [5.41, 5.74) is 1.02. The van der Waals surface area contributed by atoms with Gasteiger partial charge in [-0.25, -0.2) is 8.42 Å². The summed E-state index contributed by atoms with van der Waals surface area (Å²) in [7, 11) is -3.56. The molecule has 94 valence electrons. The summed E-state index contributed by atoms with van der Waals surface area (Å²) >= 11 is 0. The van der Waals surface area contributed by atoms with Crippen molar-refractivity contribution in [3.63, 3.8) is 0 Å². The third-order valence-corrected chi connectivity index (χ3v) is 3.88. The van der Waals surface area contributed by atoms with E-state index in [1.807, 2.05) is 6.92 Å². The van der Waals surface area contributed by atoms with E-state index in [4.69, 9.17) is 4.84 Å². The Labute approximate surface area is 101 Å². The van der Waals surface area contributed by atoms with Crippen LogP contribution in [-0.2, 0) is 14.9 Å². The zero-order chi connectivity index (χ0) is 12.3. The molecule has 1 aromatic carbocycles. The molecule has 1 aliphatic heterocycles. The van der Waals surface area contributed by atoms with Crippen molar-refractivity contribution < 1.29 is 13.3 Å². The van der Waals surface area contributed by atoms with Crippen LogP contribution in [0.3, 0.4) is 0 Å². The molecule has 0 saturated carbocycles. The maximum atomic E-state index is 11.8. The molecular formula is C11H16N2O3S. The van der Waals surface area contributed by atoms with E-state index < -0.39 is 10.0 Å². The fourth-order valence-electron chi connectivity index (χ4n) is 1.63. The topological polar surface area (TPSA) is 67.4 Å². The SMILES string of the molecule is Cc1ccc(S(=O)(=O)NOC2CCNC2)cc1. The minimum atomic E-state index is -3.56. The van der Waals surface area contributed by atoms with Crippen molar-refractivity contribution in [3.05, 3.63) is 29.8 Å². The lowest BCUT2D eigenvalue weighted by molar-refractivity contribution is 0.0303. The lowest BCUT2D eigenvalue weighted by atomic mass is 10.2. The molecule has 0 bridgehead atoms. The van der Waals surface area contributed by atoms with Gasteiger partial charge < -0.3 is 5.32 Å². The van der Waals surface area contributed by atoms with E-state index in [0.717, 1.165) is 18.5 Å². The molecule has 0 radical (unpaired) electrons. The first-order valence-corrected chi connectivity index (χ1v) is 7.01. The molecule has 1 atom stereocenters. The van der Waals surface area contributed by atoms with Crippen molar-refractivity contribution >= 4 is 10.0 Å². The molecule has 1 saturated heterocycles. The average Bonchev–Trinajstić information content (AvgIpc) is 2.80. The van der Waals surface area contributed by atoms with Crippen LogP contribution in [-0.4, -0.2) is 27.6 Å². The zero-order valence-electron chi connectivity index (χ0n) is 9.64. The average molecular weight is 256 g/mol. The van der Waals surface area contributed by atoms with E-state index in [9.17, 15) is 8.42 Å². The van der Waals surface area contributed by atoms with E-state index in [-0.39, 0.29) is 11.0 Å². The number of hydrogen-bond donors (Lipinski definition) is 2. The van der Waals surface area contributed by atoms with E-state index in [1.165, 1.54) is 0 Å².